The topological polar surface area (TPSA) is 46.9 Å². The summed E-state index contributed by atoms with van der Waals surface area (Å²) in [7, 11) is 1.97. The van der Waals surface area contributed by atoms with Crippen LogP contribution < -0.4 is 5.32 Å². The zero-order valence-electron chi connectivity index (χ0n) is 14.6. The van der Waals surface area contributed by atoms with E-state index in [1.165, 1.54) is 11.3 Å². The van der Waals surface area contributed by atoms with Crippen molar-refractivity contribution >= 4 is 34.7 Å². The molecule has 2 aromatic carbocycles. The molecule has 0 saturated carbocycles. The van der Waals surface area contributed by atoms with E-state index in [4.69, 9.17) is 0 Å². The summed E-state index contributed by atoms with van der Waals surface area (Å²) in [5, 5.41) is 5.87. The Morgan fingerprint density at radius 2 is 1.85 bits per heavy atom. The number of carbonyl (C=O) groups is 1. The van der Waals surface area contributed by atoms with Gasteiger partial charge in [-0.25, -0.2) is 4.98 Å². The third kappa shape index (κ3) is 3.97. The van der Waals surface area contributed by atoms with Gasteiger partial charge in [0.15, 0.2) is 5.16 Å². The Hall–Kier alpha value is -2.83. The molecular weight excluding hydrogens is 374 g/mol. The molecule has 2 aromatic heterocycles. The van der Waals surface area contributed by atoms with Gasteiger partial charge in [-0.05, 0) is 41.3 Å². The molecule has 0 saturated heterocycles. The maximum absolute atomic E-state index is 12.7. The minimum absolute atomic E-state index is 0.0895. The number of aryl methyl sites for hydroxylation is 1. The monoisotopic (exact) mass is 391 g/mol. The minimum Gasteiger partial charge on any atom is -0.329 e. The molecule has 0 spiro atoms. The Bertz CT molecular complexity index is 1050. The quantitative estimate of drug-likeness (QED) is 0.485. The van der Waals surface area contributed by atoms with Crippen LogP contribution in [0.5, 0.6) is 0 Å². The van der Waals surface area contributed by atoms with Crippen LogP contribution in [-0.4, -0.2) is 15.5 Å². The van der Waals surface area contributed by atoms with Crippen LogP contribution in [0.3, 0.4) is 0 Å². The average molecular weight is 392 g/mol. The van der Waals surface area contributed by atoms with Crippen molar-refractivity contribution in [2.24, 2.45) is 7.05 Å². The molecule has 4 nitrogen and oxygen atoms in total. The van der Waals surface area contributed by atoms with Gasteiger partial charge in [0.25, 0.3) is 5.91 Å². The predicted molar refractivity (Wildman–Crippen MR) is 111 cm³/mol. The van der Waals surface area contributed by atoms with Crippen molar-refractivity contribution in [2.45, 2.75) is 10.1 Å². The maximum Gasteiger partial charge on any atom is 0.266 e. The number of anilines is 1. The molecule has 0 aliphatic carbocycles. The Labute approximate surface area is 165 Å². The lowest BCUT2D eigenvalue weighted by Crippen LogP contribution is -2.11. The first-order chi connectivity index (χ1) is 13.2. The van der Waals surface area contributed by atoms with Crippen LogP contribution in [0.25, 0.3) is 11.1 Å². The third-order valence-electron chi connectivity index (χ3n) is 4.05. The Morgan fingerprint density at radius 3 is 2.56 bits per heavy atom. The molecule has 0 bridgehead atoms. The summed E-state index contributed by atoms with van der Waals surface area (Å²) in [5.74, 6) is -0.0895. The van der Waals surface area contributed by atoms with Crippen molar-refractivity contribution in [2.75, 3.05) is 5.32 Å². The van der Waals surface area contributed by atoms with E-state index in [-0.39, 0.29) is 5.91 Å². The second kappa shape index (κ2) is 7.82. The number of imidazole rings is 1. The number of rotatable bonds is 5. The van der Waals surface area contributed by atoms with Crippen molar-refractivity contribution in [3.63, 3.8) is 0 Å². The van der Waals surface area contributed by atoms with Gasteiger partial charge in [-0.15, -0.1) is 11.3 Å². The number of hydrogen-bond donors (Lipinski definition) is 1. The molecule has 6 heteroatoms. The van der Waals surface area contributed by atoms with Gasteiger partial charge < -0.3 is 9.88 Å². The zero-order valence-corrected chi connectivity index (χ0v) is 16.3. The first kappa shape index (κ1) is 17.6. The van der Waals surface area contributed by atoms with E-state index in [0.717, 1.165) is 26.9 Å². The van der Waals surface area contributed by atoms with Crippen molar-refractivity contribution in [3.05, 3.63) is 83.3 Å². The van der Waals surface area contributed by atoms with E-state index in [1.807, 2.05) is 83.9 Å². The first-order valence-corrected chi connectivity index (χ1v) is 10.1. The number of nitrogens with zero attached hydrogens (tertiary/aromatic N) is 2. The molecule has 1 amide bonds. The lowest BCUT2D eigenvalue weighted by atomic mass is 10.1. The number of aromatic nitrogens is 2. The second-order valence-electron chi connectivity index (χ2n) is 5.93. The van der Waals surface area contributed by atoms with E-state index < -0.39 is 0 Å². The lowest BCUT2D eigenvalue weighted by Gasteiger charge is -2.07. The second-order valence-corrected chi connectivity index (χ2v) is 7.89. The van der Waals surface area contributed by atoms with Gasteiger partial charge >= 0.3 is 0 Å². The molecule has 2 heterocycles. The van der Waals surface area contributed by atoms with Crippen LogP contribution in [0, 0.1) is 0 Å². The fraction of sp³-hybridized carbons (Fsp3) is 0.0476. The summed E-state index contributed by atoms with van der Waals surface area (Å²) in [6, 6.07) is 19.8. The zero-order chi connectivity index (χ0) is 18.6. The first-order valence-electron chi connectivity index (χ1n) is 8.40. The highest BCUT2D eigenvalue weighted by molar-refractivity contribution is 7.99. The van der Waals surface area contributed by atoms with E-state index in [1.54, 1.807) is 18.0 Å². The predicted octanol–water partition coefficient (Wildman–Crippen LogP) is 5.55. The number of nitrogens with one attached hydrogen (secondary N) is 1. The number of hydrogen-bond acceptors (Lipinski definition) is 4. The van der Waals surface area contributed by atoms with Crippen molar-refractivity contribution in [1.29, 1.82) is 0 Å². The lowest BCUT2D eigenvalue weighted by molar-refractivity contribution is 0.103. The van der Waals surface area contributed by atoms with Crippen LogP contribution in [0.15, 0.2) is 88.5 Å². The van der Waals surface area contributed by atoms with Gasteiger partial charge in [0.1, 0.15) is 0 Å². The number of carbonyl (C=O) groups excluding carboxylic acids is 1. The van der Waals surface area contributed by atoms with Gasteiger partial charge in [-0.1, -0.05) is 42.1 Å². The van der Waals surface area contributed by atoms with E-state index in [2.05, 4.69) is 10.3 Å². The Kier molecular flexibility index (Phi) is 5.09. The smallest absolute Gasteiger partial charge is 0.266 e. The number of thiophene rings is 1. The third-order valence-corrected chi connectivity index (χ3v) is 6.05. The van der Waals surface area contributed by atoms with Gasteiger partial charge in [-0.2, -0.15) is 0 Å². The summed E-state index contributed by atoms with van der Waals surface area (Å²) >= 11 is 3.04. The fourth-order valence-electron chi connectivity index (χ4n) is 2.68. The van der Waals surface area contributed by atoms with Crippen LogP contribution in [-0.2, 0) is 7.05 Å². The highest BCUT2D eigenvalue weighted by Crippen LogP contribution is 2.30. The molecule has 0 unspecified atom stereocenters. The van der Waals surface area contributed by atoms with Gasteiger partial charge in [-0.3, -0.25) is 4.79 Å². The molecule has 1 N–H and O–H groups in total. The molecule has 134 valence electrons. The highest BCUT2D eigenvalue weighted by Gasteiger charge is 2.14. The number of amides is 1. The summed E-state index contributed by atoms with van der Waals surface area (Å²) < 4.78 is 1.97. The summed E-state index contributed by atoms with van der Waals surface area (Å²) in [4.78, 5) is 18.8. The van der Waals surface area contributed by atoms with Crippen LogP contribution >= 0.6 is 23.1 Å². The largest absolute Gasteiger partial charge is 0.329 e. The van der Waals surface area contributed by atoms with Crippen LogP contribution in [0.2, 0.25) is 0 Å². The van der Waals surface area contributed by atoms with Crippen LogP contribution in [0.4, 0.5) is 5.69 Å². The normalized spacial score (nSPS) is 10.7. The Balaban J connectivity index is 1.48. The Morgan fingerprint density at radius 1 is 1.07 bits per heavy atom. The number of benzene rings is 2. The molecule has 4 rings (SSSR count). The molecular formula is C21H17N3OS2. The van der Waals surface area contributed by atoms with Crippen molar-refractivity contribution in [1.82, 2.24) is 9.55 Å². The highest BCUT2D eigenvalue weighted by atomic mass is 32.2. The SMILES string of the molecule is Cn1ccnc1Sc1ccc(NC(=O)c2sccc2-c2ccccc2)cc1. The molecule has 0 atom stereocenters. The molecule has 0 aliphatic heterocycles. The molecule has 0 aliphatic rings. The molecule has 27 heavy (non-hydrogen) atoms. The fourth-order valence-corrected chi connectivity index (χ4v) is 4.29. The average Bonchev–Trinajstić information content (AvgIpc) is 3.34. The van der Waals surface area contributed by atoms with E-state index in [9.17, 15) is 4.79 Å². The summed E-state index contributed by atoms with van der Waals surface area (Å²) in [5.41, 5.74) is 2.78. The summed E-state index contributed by atoms with van der Waals surface area (Å²) in [6.45, 7) is 0. The maximum atomic E-state index is 12.7. The van der Waals surface area contributed by atoms with E-state index in [0.29, 0.717) is 4.88 Å². The summed E-state index contributed by atoms with van der Waals surface area (Å²) in [6.07, 6.45) is 3.70. The van der Waals surface area contributed by atoms with Crippen molar-refractivity contribution < 1.29 is 4.79 Å². The minimum atomic E-state index is -0.0895. The van der Waals surface area contributed by atoms with Gasteiger partial charge in [0.2, 0.25) is 0 Å². The molecule has 0 radical (unpaired) electrons. The van der Waals surface area contributed by atoms with E-state index >= 15 is 0 Å². The standard InChI is InChI=1S/C21H17N3OS2/c1-24-13-12-22-21(24)27-17-9-7-16(8-10-17)23-20(25)19-18(11-14-26-19)15-5-3-2-4-6-15/h2-14H,1H3,(H,23,25). The van der Waals surface area contributed by atoms with Gasteiger partial charge in [0.05, 0.1) is 4.88 Å². The van der Waals surface area contributed by atoms with Crippen molar-refractivity contribution in [3.8, 4) is 11.1 Å². The molecule has 0 fully saturated rings. The van der Waals surface area contributed by atoms with Gasteiger partial charge in [0, 0.05) is 35.6 Å². The van der Waals surface area contributed by atoms with Crippen LogP contribution in [0.1, 0.15) is 9.67 Å². The molecule has 4 aromatic rings.